The van der Waals surface area contributed by atoms with Crippen molar-refractivity contribution in [2.24, 2.45) is 0 Å². The zero-order valence-electron chi connectivity index (χ0n) is 13.3. The van der Waals surface area contributed by atoms with Crippen LogP contribution in [0.1, 0.15) is 31.2 Å². The molecule has 0 unspecified atom stereocenters. The first-order valence-electron chi connectivity index (χ1n) is 7.81. The minimum atomic E-state index is -0.116. The van der Waals surface area contributed by atoms with Crippen LogP contribution in [0.4, 0.5) is 0 Å². The zero-order valence-corrected chi connectivity index (χ0v) is 13.3. The molecule has 0 bridgehead atoms. The Hall–Kier alpha value is -1.81. The summed E-state index contributed by atoms with van der Waals surface area (Å²) < 4.78 is 11.1. The van der Waals surface area contributed by atoms with Gasteiger partial charge < -0.3 is 14.8 Å². The van der Waals surface area contributed by atoms with Crippen LogP contribution in [0.5, 0.6) is 5.75 Å². The maximum Gasteiger partial charge on any atom is 0.220 e. The number of hydrogen-bond donors (Lipinski definition) is 1. The number of amides is 1. The van der Waals surface area contributed by atoms with Crippen molar-refractivity contribution < 1.29 is 14.3 Å². The highest BCUT2D eigenvalue weighted by molar-refractivity contribution is 5.76. The van der Waals surface area contributed by atoms with Gasteiger partial charge in [-0.25, -0.2) is 0 Å². The van der Waals surface area contributed by atoms with Crippen molar-refractivity contribution in [3.8, 4) is 5.75 Å². The van der Waals surface area contributed by atoms with Crippen molar-refractivity contribution in [1.29, 1.82) is 0 Å². The van der Waals surface area contributed by atoms with E-state index in [-0.39, 0.29) is 11.3 Å². The summed E-state index contributed by atoms with van der Waals surface area (Å²) in [5, 5.41) is 3.08. The quantitative estimate of drug-likeness (QED) is 0.788. The Morgan fingerprint density at radius 1 is 1.41 bits per heavy atom. The number of hydrogen-bond acceptors (Lipinski definition) is 3. The molecule has 0 aromatic heterocycles. The van der Waals surface area contributed by atoms with Gasteiger partial charge in [0.25, 0.3) is 0 Å². The summed E-state index contributed by atoms with van der Waals surface area (Å²) in [6.07, 6.45) is 4.73. The molecule has 1 aliphatic rings. The predicted molar refractivity (Wildman–Crippen MR) is 87.2 cm³/mol. The molecule has 1 N–H and O–H groups in total. The fourth-order valence-electron chi connectivity index (χ4n) is 2.98. The average Bonchev–Trinajstić information content (AvgIpc) is 2.59. The molecule has 4 nitrogen and oxygen atoms in total. The number of carbonyl (C=O) groups is 1. The van der Waals surface area contributed by atoms with Crippen LogP contribution in [0.25, 0.3) is 0 Å². The first-order chi connectivity index (χ1) is 10.7. The number of allylic oxidation sites excluding steroid dienone is 1. The highest BCUT2D eigenvalue weighted by Crippen LogP contribution is 2.39. The maximum absolute atomic E-state index is 12.0. The summed E-state index contributed by atoms with van der Waals surface area (Å²) in [5.74, 6) is 0.949. The molecule has 1 aromatic carbocycles. The second-order valence-corrected chi connectivity index (χ2v) is 5.70. The first kappa shape index (κ1) is 16.6. The smallest absolute Gasteiger partial charge is 0.220 e. The molecular weight excluding hydrogens is 278 g/mol. The van der Waals surface area contributed by atoms with Crippen molar-refractivity contribution in [2.75, 3.05) is 26.9 Å². The van der Waals surface area contributed by atoms with Crippen LogP contribution in [0.2, 0.25) is 0 Å². The Bertz CT molecular complexity index is 507. The number of rotatable bonds is 7. The van der Waals surface area contributed by atoms with Gasteiger partial charge in [-0.1, -0.05) is 24.3 Å². The number of carbonyl (C=O) groups excluding carboxylic acids is 1. The topological polar surface area (TPSA) is 47.6 Å². The Balaban J connectivity index is 2.17. The van der Waals surface area contributed by atoms with Gasteiger partial charge in [0.15, 0.2) is 0 Å². The van der Waals surface area contributed by atoms with Gasteiger partial charge in [0.1, 0.15) is 5.75 Å². The fourth-order valence-corrected chi connectivity index (χ4v) is 2.98. The van der Waals surface area contributed by atoms with Crippen LogP contribution in [-0.4, -0.2) is 32.8 Å². The van der Waals surface area contributed by atoms with Gasteiger partial charge in [0.2, 0.25) is 5.91 Å². The third-order valence-corrected chi connectivity index (χ3v) is 4.33. The van der Waals surface area contributed by atoms with Gasteiger partial charge in [-0.3, -0.25) is 4.79 Å². The molecule has 1 amide bonds. The fraction of sp³-hybridized carbons (Fsp3) is 0.500. The van der Waals surface area contributed by atoms with E-state index in [0.29, 0.717) is 32.6 Å². The summed E-state index contributed by atoms with van der Waals surface area (Å²) in [4.78, 5) is 12.0. The summed E-state index contributed by atoms with van der Waals surface area (Å²) in [5.41, 5.74) is 1.04. The second kappa shape index (κ2) is 7.99. The number of nitrogens with one attached hydrogen (secondary N) is 1. The molecule has 0 spiro atoms. The Morgan fingerprint density at radius 3 is 2.82 bits per heavy atom. The third-order valence-electron chi connectivity index (χ3n) is 4.33. The van der Waals surface area contributed by atoms with E-state index < -0.39 is 0 Å². The van der Waals surface area contributed by atoms with Gasteiger partial charge >= 0.3 is 0 Å². The number of ether oxygens (including phenoxy) is 2. The van der Waals surface area contributed by atoms with E-state index in [1.807, 2.05) is 18.2 Å². The van der Waals surface area contributed by atoms with E-state index in [4.69, 9.17) is 9.47 Å². The van der Waals surface area contributed by atoms with Gasteiger partial charge in [0, 0.05) is 37.2 Å². The largest absolute Gasteiger partial charge is 0.496 e. The number of methoxy groups -OCH3 is 1. The highest BCUT2D eigenvalue weighted by atomic mass is 16.5. The van der Waals surface area contributed by atoms with Gasteiger partial charge in [-0.05, 0) is 25.3 Å². The van der Waals surface area contributed by atoms with Crippen molar-refractivity contribution in [1.82, 2.24) is 5.32 Å². The van der Waals surface area contributed by atoms with Crippen molar-refractivity contribution in [3.05, 3.63) is 42.5 Å². The Morgan fingerprint density at radius 2 is 2.14 bits per heavy atom. The normalized spacial score (nSPS) is 16.8. The van der Waals surface area contributed by atoms with E-state index in [1.54, 1.807) is 13.2 Å². The third kappa shape index (κ3) is 3.89. The van der Waals surface area contributed by atoms with Crippen LogP contribution in [0.3, 0.4) is 0 Å². The minimum absolute atomic E-state index is 0.0701. The molecule has 2 rings (SSSR count). The van der Waals surface area contributed by atoms with Gasteiger partial charge in [-0.2, -0.15) is 0 Å². The SMILES string of the molecule is C=CCCC(=O)NCC1(c2ccccc2OC)CCOCC1. The lowest BCUT2D eigenvalue weighted by Gasteiger charge is -2.38. The van der Waals surface area contributed by atoms with Crippen LogP contribution in [0.15, 0.2) is 36.9 Å². The molecule has 1 fully saturated rings. The van der Waals surface area contributed by atoms with E-state index in [1.165, 1.54) is 0 Å². The molecule has 1 aliphatic heterocycles. The summed E-state index contributed by atoms with van der Waals surface area (Å²) in [6.45, 7) is 5.69. The molecule has 22 heavy (non-hydrogen) atoms. The van der Waals surface area contributed by atoms with Crippen molar-refractivity contribution in [2.45, 2.75) is 31.1 Å². The van der Waals surface area contributed by atoms with Crippen molar-refractivity contribution in [3.63, 3.8) is 0 Å². The summed E-state index contributed by atoms with van der Waals surface area (Å²) in [7, 11) is 1.69. The molecule has 0 radical (unpaired) electrons. The van der Waals surface area contributed by atoms with Crippen LogP contribution in [-0.2, 0) is 14.9 Å². The van der Waals surface area contributed by atoms with Crippen LogP contribution in [0, 0.1) is 0 Å². The molecule has 1 heterocycles. The van der Waals surface area contributed by atoms with Crippen LogP contribution < -0.4 is 10.1 Å². The lowest BCUT2D eigenvalue weighted by Crippen LogP contribution is -2.44. The maximum atomic E-state index is 12.0. The summed E-state index contributed by atoms with van der Waals surface area (Å²) >= 11 is 0. The Kier molecular flexibility index (Phi) is 6.01. The number of benzene rings is 1. The first-order valence-corrected chi connectivity index (χ1v) is 7.81. The van der Waals surface area contributed by atoms with E-state index in [2.05, 4.69) is 18.0 Å². The minimum Gasteiger partial charge on any atom is -0.496 e. The van der Waals surface area contributed by atoms with Gasteiger partial charge in [-0.15, -0.1) is 6.58 Å². The number of para-hydroxylation sites is 1. The molecule has 0 atom stereocenters. The average molecular weight is 303 g/mol. The molecular formula is C18H25NO3. The summed E-state index contributed by atoms with van der Waals surface area (Å²) in [6, 6.07) is 8.07. The standard InChI is InChI=1S/C18H25NO3/c1-3-4-9-17(20)19-14-18(10-12-22-13-11-18)15-7-5-6-8-16(15)21-2/h3,5-8H,1,4,9-14H2,2H3,(H,19,20). The monoisotopic (exact) mass is 303 g/mol. The molecule has 1 aromatic rings. The van der Waals surface area contributed by atoms with Gasteiger partial charge in [0.05, 0.1) is 7.11 Å². The highest BCUT2D eigenvalue weighted by Gasteiger charge is 2.36. The predicted octanol–water partition coefficient (Wildman–Crippen LogP) is 2.83. The van der Waals surface area contributed by atoms with E-state index >= 15 is 0 Å². The lowest BCUT2D eigenvalue weighted by atomic mass is 9.73. The van der Waals surface area contributed by atoms with Crippen LogP contribution >= 0.6 is 0 Å². The molecule has 0 saturated carbocycles. The molecule has 4 heteroatoms. The lowest BCUT2D eigenvalue weighted by molar-refractivity contribution is -0.121. The second-order valence-electron chi connectivity index (χ2n) is 5.70. The molecule has 0 aliphatic carbocycles. The van der Waals surface area contributed by atoms with E-state index in [9.17, 15) is 4.79 Å². The van der Waals surface area contributed by atoms with E-state index in [0.717, 1.165) is 24.2 Å². The molecule has 1 saturated heterocycles. The van der Waals surface area contributed by atoms with Crippen molar-refractivity contribution >= 4 is 5.91 Å². The molecule has 120 valence electrons. The Labute approximate surface area is 132 Å². The zero-order chi connectivity index (χ0) is 15.8.